The molecular formula is C8H13N3O2. The number of rotatable bonds is 3. The molecule has 1 atom stereocenters. The van der Waals surface area contributed by atoms with Gasteiger partial charge in [0.2, 0.25) is 0 Å². The molecule has 13 heavy (non-hydrogen) atoms. The Morgan fingerprint density at radius 1 is 1.77 bits per heavy atom. The second-order valence-corrected chi connectivity index (χ2v) is 2.74. The first-order valence-electron chi connectivity index (χ1n) is 3.97. The zero-order valence-corrected chi connectivity index (χ0v) is 7.94. The minimum Gasteiger partial charge on any atom is -0.372 e. The third-order valence-corrected chi connectivity index (χ3v) is 1.69. The number of aryl methyl sites for hydroxylation is 1. The maximum Gasteiger partial charge on any atom is 0.254 e. The highest BCUT2D eigenvalue weighted by molar-refractivity contribution is 5.92. The van der Waals surface area contributed by atoms with Crippen LogP contribution in [-0.2, 0) is 16.6 Å². The first kappa shape index (κ1) is 9.73. The normalized spacial score (nSPS) is 12.5. The van der Waals surface area contributed by atoms with Crippen molar-refractivity contribution in [2.45, 2.75) is 13.0 Å². The number of nitrogens with one attached hydrogen (secondary N) is 1. The Morgan fingerprint density at radius 3 is 2.92 bits per heavy atom. The second kappa shape index (κ2) is 4.04. The molecule has 0 aliphatic heterocycles. The van der Waals surface area contributed by atoms with Crippen molar-refractivity contribution in [1.29, 1.82) is 0 Å². The van der Waals surface area contributed by atoms with Crippen LogP contribution in [-0.4, -0.2) is 28.9 Å². The maximum absolute atomic E-state index is 11.3. The zero-order valence-electron chi connectivity index (χ0n) is 7.94. The molecule has 0 bridgehead atoms. The number of aromatic nitrogens is 2. The first-order chi connectivity index (χ1) is 6.13. The van der Waals surface area contributed by atoms with E-state index in [1.165, 1.54) is 7.11 Å². The summed E-state index contributed by atoms with van der Waals surface area (Å²) in [5, 5.41) is 6.61. The Labute approximate surface area is 76.7 Å². The highest BCUT2D eigenvalue weighted by Crippen LogP contribution is 2.02. The van der Waals surface area contributed by atoms with Crippen LogP contribution in [0.1, 0.15) is 6.92 Å². The first-order valence-corrected chi connectivity index (χ1v) is 3.97. The van der Waals surface area contributed by atoms with Crippen molar-refractivity contribution in [2.75, 3.05) is 12.4 Å². The Bertz CT molecular complexity index is 295. The number of hydrogen-bond donors (Lipinski definition) is 1. The lowest BCUT2D eigenvalue weighted by Crippen LogP contribution is -2.26. The van der Waals surface area contributed by atoms with Crippen LogP contribution in [0.5, 0.6) is 0 Å². The molecule has 0 fully saturated rings. The van der Waals surface area contributed by atoms with Crippen LogP contribution in [0.4, 0.5) is 5.82 Å². The summed E-state index contributed by atoms with van der Waals surface area (Å²) in [6.07, 6.45) is 1.30. The van der Waals surface area contributed by atoms with Crippen LogP contribution in [0.25, 0.3) is 0 Å². The molecule has 1 unspecified atom stereocenters. The molecule has 0 saturated carbocycles. The predicted molar refractivity (Wildman–Crippen MR) is 48.3 cm³/mol. The van der Waals surface area contributed by atoms with Crippen LogP contribution in [0, 0.1) is 0 Å². The second-order valence-electron chi connectivity index (χ2n) is 2.74. The van der Waals surface area contributed by atoms with Gasteiger partial charge in [-0.2, -0.15) is 5.10 Å². The summed E-state index contributed by atoms with van der Waals surface area (Å²) in [7, 11) is 3.28. The zero-order chi connectivity index (χ0) is 9.84. The number of methoxy groups -OCH3 is 1. The van der Waals surface area contributed by atoms with Crippen LogP contribution in [0.15, 0.2) is 12.3 Å². The molecule has 1 heterocycles. The number of amides is 1. The fourth-order valence-corrected chi connectivity index (χ4v) is 0.817. The summed E-state index contributed by atoms with van der Waals surface area (Å²) in [6, 6.07) is 1.72. The molecule has 0 aromatic carbocycles. The van der Waals surface area contributed by atoms with Crippen molar-refractivity contribution in [3.8, 4) is 0 Å². The molecule has 1 N–H and O–H groups in total. The van der Waals surface area contributed by atoms with Gasteiger partial charge in [0, 0.05) is 26.4 Å². The average molecular weight is 183 g/mol. The van der Waals surface area contributed by atoms with Crippen molar-refractivity contribution in [1.82, 2.24) is 9.78 Å². The molecule has 0 spiro atoms. The molecule has 0 radical (unpaired) electrons. The fourth-order valence-electron chi connectivity index (χ4n) is 0.817. The van der Waals surface area contributed by atoms with E-state index in [0.29, 0.717) is 5.82 Å². The van der Waals surface area contributed by atoms with Crippen LogP contribution in [0.3, 0.4) is 0 Å². The lowest BCUT2D eigenvalue weighted by molar-refractivity contribution is -0.124. The summed E-state index contributed by atoms with van der Waals surface area (Å²) in [5.41, 5.74) is 0. The number of nitrogens with zero attached hydrogens (tertiary/aromatic N) is 2. The molecule has 0 aliphatic rings. The summed E-state index contributed by atoms with van der Waals surface area (Å²) in [5.74, 6) is 0.345. The standard InChI is InChI=1S/C8H13N3O2/c1-6(13-3)8(12)9-7-4-5-11(2)10-7/h4-6H,1-3H3,(H,9,10,12). The topological polar surface area (TPSA) is 56.1 Å². The van der Waals surface area contributed by atoms with Gasteiger partial charge < -0.3 is 10.1 Å². The molecule has 5 heteroatoms. The number of anilines is 1. The molecule has 1 amide bonds. The number of ether oxygens (including phenoxy) is 1. The smallest absolute Gasteiger partial charge is 0.254 e. The van der Waals surface area contributed by atoms with Gasteiger partial charge >= 0.3 is 0 Å². The van der Waals surface area contributed by atoms with E-state index in [1.54, 1.807) is 30.9 Å². The maximum atomic E-state index is 11.3. The van der Waals surface area contributed by atoms with Crippen LogP contribution >= 0.6 is 0 Å². The van der Waals surface area contributed by atoms with Crippen LogP contribution < -0.4 is 5.32 Å². The predicted octanol–water partition coefficient (Wildman–Crippen LogP) is 0.394. The van der Waals surface area contributed by atoms with Gasteiger partial charge in [0.15, 0.2) is 5.82 Å². The molecule has 1 aromatic heterocycles. The largest absolute Gasteiger partial charge is 0.372 e. The van der Waals surface area contributed by atoms with Gasteiger partial charge in [-0.15, -0.1) is 0 Å². The third-order valence-electron chi connectivity index (χ3n) is 1.69. The Morgan fingerprint density at radius 2 is 2.46 bits per heavy atom. The number of hydrogen-bond acceptors (Lipinski definition) is 3. The fraction of sp³-hybridized carbons (Fsp3) is 0.500. The summed E-state index contributed by atoms with van der Waals surface area (Å²) >= 11 is 0. The quantitative estimate of drug-likeness (QED) is 0.737. The van der Waals surface area contributed by atoms with E-state index in [-0.39, 0.29) is 5.91 Å². The van der Waals surface area contributed by atoms with E-state index in [0.717, 1.165) is 0 Å². The monoisotopic (exact) mass is 183 g/mol. The SMILES string of the molecule is COC(C)C(=O)Nc1ccn(C)n1. The lowest BCUT2D eigenvalue weighted by Gasteiger charge is -2.07. The minimum absolute atomic E-state index is 0.193. The molecule has 5 nitrogen and oxygen atoms in total. The van der Waals surface area contributed by atoms with Crippen molar-refractivity contribution in [2.24, 2.45) is 7.05 Å². The molecule has 0 saturated heterocycles. The summed E-state index contributed by atoms with van der Waals surface area (Å²) in [6.45, 7) is 1.68. The summed E-state index contributed by atoms with van der Waals surface area (Å²) in [4.78, 5) is 11.3. The van der Waals surface area contributed by atoms with E-state index in [1.807, 2.05) is 0 Å². The number of carbonyl (C=O) groups excluding carboxylic acids is 1. The summed E-state index contributed by atoms with van der Waals surface area (Å²) < 4.78 is 6.46. The van der Waals surface area contributed by atoms with E-state index < -0.39 is 6.10 Å². The lowest BCUT2D eigenvalue weighted by atomic mass is 10.4. The Kier molecular flexibility index (Phi) is 3.02. The third kappa shape index (κ3) is 2.55. The minimum atomic E-state index is -0.456. The molecule has 0 aliphatic carbocycles. The van der Waals surface area contributed by atoms with Gasteiger partial charge in [-0.3, -0.25) is 9.48 Å². The van der Waals surface area contributed by atoms with Gasteiger partial charge in [-0.05, 0) is 6.92 Å². The van der Waals surface area contributed by atoms with E-state index in [9.17, 15) is 4.79 Å². The van der Waals surface area contributed by atoms with Gasteiger partial charge in [0.25, 0.3) is 5.91 Å². The van der Waals surface area contributed by atoms with E-state index >= 15 is 0 Å². The van der Waals surface area contributed by atoms with Crippen molar-refractivity contribution < 1.29 is 9.53 Å². The van der Waals surface area contributed by atoms with E-state index in [4.69, 9.17) is 4.74 Å². The van der Waals surface area contributed by atoms with Gasteiger partial charge in [-0.25, -0.2) is 0 Å². The van der Waals surface area contributed by atoms with Crippen molar-refractivity contribution >= 4 is 11.7 Å². The highest BCUT2D eigenvalue weighted by Gasteiger charge is 2.12. The van der Waals surface area contributed by atoms with Gasteiger partial charge in [0.1, 0.15) is 6.10 Å². The number of carbonyl (C=O) groups is 1. The molecule has 1 aromatic rings. The van der Waals surface area contributed by atoms with Crippen molar-refractivity contribution in [3.63, 3.8) is 0 Å². The molecular weight excluding hydrogens is 170 g/mol. The average Bonchev–Trinajstić information content (AvgIpc) is 2.49. The van der Waals surface area contributed by atoms with Gasteiger partial charge in [0.05, 0.1) is 0 Å². The Hall–Kier alpha value is -1.36. The van der Waals surface area contributed by atoms with Crippen molar-refractivity contribution in [3.05, 3.63) is 12.3 Å². The van der Waals surface area contributed by atoms with Crippen LogP contribution in [0.2, 0.25) is 0 Å². The molecule has 72 valence electrons. The van der Waals surface area contributed by atoms with Gasteiger partial charge in [-0.1, -0.05) is 0 Å². The highest BCUT2D eigenvalue weighted by atomic mass is 16.5. The Balaban J connectivity index is 2.54. The van der Waals surface area contributed by atoms with E-state index in [2.05, 4.69) is 10.4 Å². The molecule has 1 rings (SSSR count).